The molecule has 0 amide bonds. The number of aromatic nitrogens is 4. The molecule has 0 bridgehead atoms. The normalized spacial score (nSPS) is 29.0. The van der Waals surface area contributed by atoms with Gasteiger partial charge < -0.3 is 9.84 Å². The highest BCUT2D eigenvalue weighted by Gasteiger charge is 2.34. The van der Waals surface area contributed by atoms with Crippen molar-refractivity contribution in [1.82, 2.24) is 25.4 Å². The van der Waals surface area contributed by atoms with Crippen LogP contribution in [0.25, 0.3) is 11.6 Å². The first-order valence-electron chi connectivity index (χ1n) is 7.77. The zero-order chi connectivity index (χ0) is 14.1. The molecule has 4 rings (SSSR count). The minimum absolute atomic E-state index is 0.175. The highest BCUT2D eigenvalue weighted by atomic mass is 16.5. The fourth-order valence-corrected chi connectivity index (χ4v) is 3.57. The number of hydrogen-bond donors (Lipinski definition) is 1. The van der Waals surface area contributed by atoms with E-state index in [-0.39, 0.29) is 6.04 Å². The first-order valence-corrected chi connectivity index (χ1v) is 7.77. The van der Waals surface area contributed by atoms with E-state index in [1.54, 1.807) is 18.5 Å². The minimum atomic E-state index is 0.175. The summed E-state index contributed by atoms with van der Waals surface area (Å²) in [6, 6.07) is 2.56. The molecule has 2 aliphatic rings. The summed E-state index contributed by atoms with van der Waals surface area (Å²) in [5, 5.41) is 7.71. The monoisotopic (exact) mass is 285 g/mol. The molecule has 3 heterocycles. The predicted molar refractivity (Wildman–Crippen MR) is 76.2 cm³/mol. The van der Waals surface area contributed by atoms with Gasteiger partial charge in [0.25, 0.3) is 0 Å². The fourth-order valence-electron chi connectivity index (χ4n) is 3.57. The van der Waals surface area contributed by atoms with Crippen LogP contribution in [0.1, 0.15) is 50.5 Å². The lowest BCUT2D eigenvalue weighted by Crippen LogP contribution is -2.44. The molecule has 1 saturated heterocycles. The van der Waals surface area contributed by atoms with E-state index in [1.165, 1.54) is 32.1 Å². The van der Waals surface area contributed by atoms with Gasteiger partial charge in [0.2, 0.25) is 17.5 Å². The highest BCUT2D eigenvalue weighted by molar-refractivity contribution is 5.40. The fraction of sp³-hybridized carbons (Fsp3) is 0.600. The van der Waals surface area contributed by atoms with Crippen molar-refractivity contribution in [2.75, 3.05) is 0 Å². The van der Waals surface area contributed by atoms with Crippen LogP contribution in [0.3, 0.4) is 0 Å². The van der Waals surface area contributed by atoms with Gasteiger partial charge in [-0.2, -0.15) is 4.98 Å². The van der Waals surface area contributed by atoms with Gasteiger partial charge in [0, 0.05) is 18.4 Å². The van der Waals surface area contributed by atoms with E-state index in [0.717, 1.165) is 12.3 Å². The first kappa shape index (κ1) is 12.9. The number of hydrogen-bond acceptors (Lipinski definition) is 6. The van der Waals surface area contributed by atoms with Gasteiger partial charge in [-0.05, 0) is 37.7 Å². The molecular weight excluding hydrogens is 266 g/mol. The maximum Gasteiger partial charge on any atom is 0.244 e. The predicted octanol–water partition coefficient (Wildman–Crippen LogP) is 2.51. The van der Waals surface area contributed by atoms with Crippen LogP contribution in [0.2, 0.25) is 0 Å². The van der Waals surface area contributed by atoms with Crippen molar-refractivity contribution < 1.29 is 4.52 Å². The zero-order valence-electron chi connectivity index (χ0n) is 11.9. The second kappa shape index (κ2) is 5.52. The van der Waals surface area contributed by atoms with Gasteiger partial charge in [-0.1, -0.05) is 18.0 Å². The standard InChI is InChI=1S/C15H19N5O/c1-2-5-11-10(4-1)6-7-12(18-11)15-19-14(20-21-15)13-16-8-3-9-17-13/h3,8-12,18H,1-2,4-7H2. The summed E-state index contributed by atoms with van der Waals surface area (Å²) in [4.78, 5) is 12.8. The van der Waals surface area contributed by atoms with Crippen LogP contribution in [0.15, 0.2) is 23.0 Å². The molecule has 21 heavy (non-hydrogen) atoms. The maximum atomic E-state index is 5.43. The van der Waals surface area contributed by atoms with Gasteiger partial charge in [0.15, 0.2) is 0 Å². The largest absolute Gasteiger partial charge is 0.337 e. The third-order valence-electron chi connectivity index (χ3n) is 4.66. The molecule has 6 nitrogen and oxygen atoms in total. The van der Waals surface area contributed by atoms with Crippen LogP contribution in [0, 0.1) is 5.92 Å². The third kappa shape index (κ3) is 2.55. The summed E-state index contributed by atoms with van der Waals surface area (Å²) in [5.41, 5.74) is 0. The topological polar surface area (TPSA) is 76.7 Å². The van der Waals surface area contributed by atoms with E-state index in [1.807, 2.05) is 0 Å². The summed E-state index contributed by atoms with van der Waals surface area (Å²) in [6.45, 7) is 0. The second-order valence-electron chi connectivity index (χ2n) is 5.98. The van der Waals surface area contributed by atoms with Crippen LogP contribution in [0.5, 0.6) is 0 Å². The maximum absolute atomic E-state index is 5.43. The van der Waals surface area contributed by atoms with Crippen molar-refractivity contribution >= 4 is 0 Å². The molecule has 1 aliphatic heterocycles. The van der Waals surface area contributed by atoms with Crippen LogP contribution >= 0.6 is 0 Å². The Labute approximate surface area is 123 Å². The lowest BCUT2D eigenvalue weighted by Gasteiger charge is -2.39. The molecule has 1 N–H and O–H groups in total. The molecule has 1 saturated carbocycles. The number of nitrogens with zero attached hydrogens (tertiary/aromatic N) is 4. The van der Waals surface area contributed by atoms with E-state index in [0.29, 0.717) is 23.6 Å². The molecule has 0 spiro atoms. The van der Waals surface area contributed by atoms with Crippen molar-refractivity contribution in [2.45, 2.75) is 50.6 Å². The molecule has 3 atom stereocenters. The van der Waals surface area contributed by atoms with Crippen molar-refractivity contribution in [1.29, 1.82) is 0 Å². The average Bonchev–Trinajstić information content (AvgIpc) is 3.05. The number of piperidine rings is 1. The quantitative estimate of drug-likeness (QED) is 0.913. The first-order chi connectivity index (χ1) is 10.4. The van der Waals surface area contributed by atoms with Crippen molar-refractivity contribution in [3.05, 3.63) is 24.4 Å². The van der Waals surface area contributed by atoms with E-state index in [2.05, 4.69) is 25.4 Å². The van der Waals surface area contributed by atoms with Crippen LogP contribution in [-0.4, -0.2) is 26.2 Å². The summed E-state index contributed by atoms with van der Waals surface area (Å²) in [5.74, 6) is 2.48. The summed E-state index contributed by atoms with van der Waals surface area (Å²) in [6.07, 6.45) is 11.0. The molecular formula is C15H19N5O. The minimum Gasteiger partial charge on any atom is -0.337 e. The summed E-state index contributed by atoms with van der Waals surface area (Å²) < 4.78 is 5.43. The molecule has 0 aromatic carbocycles. The van der Waals surface area contributed by atoms with Gasteiger partial charge in [-0.25, -0.2) is 9.97 Å². The molecule has 110 valence electrons. The molecule has 0 radical (unpaired) electrons. The lowest BCUT2D eigenvalue weighted by molar-refractivity contribution is 0.158. The zero-order valence-corrected chi connectivity index (χ0v) is 11.9. The summed E-state index contributed by atoms with van der Waals surface area (Å²) >= 11 is 0. The molecule has 2 aromatic heterocycles. The van der Waals surface area contributed by atoms with Crippen LogP contribution < -0.4 is 5.32 Å². The smallest absolute Gasteiger partial charge is 0.244 e. The molecule has 1 aliphatic carbocycles. The molecule has 3 unspecified atom stereocenters. The number of rotatable bonds is 2. The Morgan fingerprint density at radius 2 is 1.86 bits per heavy atom. The van der Waals surface area contributed by atoms with Gasteiger partial charge in [-0.3, -0.25) is 0 Å². The van der Waals surface area contributed by atoms with Gasteiger partial charge in [0.1, 0.15) is 0 Å². The molecule has 2 fully saturated rings. The Hall–Kier alpha value is -1.82. The Balaban J connectivity index is 1.51. The number of nitrogens with one attached hydrogen (secondary N) is 1. The highest BCUT2D eigenvalue weighted by Crippen LogP contribution is 2.36. The van der Waals surface area contributed by atoms with Gasteiger partial charge in [-0.15, -0.1) is 0 Å². The Kier molecular flexibility index (Phi) is 3.39. The van der Waals surface area contributed by atoms with Crippen molar-refractivity contribution in [3.63, 3.8) is 0 Å². The Morgan fingerprint density at radius 3 is 2.76 bits per heavy atom. The Bertz CT molecular complexity index is 599. The molecule has 2 aromatic rings. The third-order valence-corrected chi connectivity index (χ3v) is 4.66. The lowest BCUT2D eigenvalue weighted by atomic mass is 9.78. The number of fused-ring (bicyclic) bond motifs is 1. The van der Waals surface area contributed by atoms with Crippen LogP contribution in [-0.2, 0) is 0 Å². The van der Waals surface area contributed by atoms with E-state index < -0.39 is 0 Å². The van der Waals surface area contributed by atoms with E-state index in [9.17, 15) is 0 Å². The summed E-state index contributed by atoms with van der Waals surface area (Å²) in [7, 11) is 0. The van der Waals surface area contributed by atoms with E-state index in [4.69, 9.17) is 4.52 Å². The van der Waals surface area contributed by atoms with Crippen LogP contribution in [0.4, 0.5) is 0 Å². The second-order valence-corrected chi connectivity index (χ2v) is 5.98. The average molecular weight is 285 g/mol. The molecule has 6 heteroatoms. The van der Waals surface area contributed by atoms with Gasteiger partial charge in [0.05, 0.1) is 6.04 Å². The van der Waals surface area contributed by atoms with Crippen molar-refractivity contribution in [3.8, 4) is 11.6 Å². The van der Waals surface area contributed by atoms with Crippen molar-refractivity contribution in [2.24, 2.45) is 5.92 Å². The Morgan fingerprint density at radius 1 is 1.00 bits per heavy atom. The SMILES string of the molecule is c1cnc(-c2noc(C3CCC4CCCCC4N3)n2)nc1. The van der Waals surface area contributed by atoms with Gasteiger partial charge >= 0.3 is 0 Å². The van der Waals surface area contributed by atoms with E-state index >= 15 is 0 Å².